The molecule has 1 aromatic carbocycles. The number of hydrogen-bond donors (Lipinski definition) is 2. The van der Waals surface area contributed by atoms with Gasteiger partial charge in [-0.1, -0.05) is 12.1 Å². The Morgan fingerprint density at radius 2 is 1.95 bits per heavy atom. The van der Waals surface area contributed by atoms with Crippen LogP contribution >= 0.6 is 11.8 Å². The van der Waals surface area contributed by atoms with Gasteiger partial charge in [0, 0.05) is 0 Å². The monoisotopic (exact) mass is 293 g/mol. The summed E-state index contributed by atoms with van der Waals surface area (Å²) in [6, 6.07) is 5.54. The molecule has 0 unspecified atom stereocenters. The van der Waals surface area contributed by atoms with E-state index in [1.54, 1.807) is 24.5 Å². The van der Waals surface area contributed by atoms with Crippen molar-refractivity contribution in [2.75, 3.05) is 11.6 Å². The number of aromatic nitrogens is 2. The summed E-state index contributed by atoms with van der Waals surface area (Å²) in [4.78, 5) is 8.41. The summed E-state index contributed by atoms with van der Waals surface area (Å²) >= 11 is 1.50. The molecular formula is C14H16FN3OS. The molecule has 0 amide bonds. The molecular weight excluding hydrogens is 277 g/mol. The molecule has 0 aliphatic rings. The quantitative estimate of drug-likeness (QED) is 0.830. The van der Waals surface area contributed by atoms with Crippen molar-refractivity contribution in [2.45, 2.75) is 24.1 Å². The Kier molecular flexibility index (Phi) is 4.92. The van der Waals surface area contributed by atoms with E-state index in [4.69, 9.17) is 0 Å². The van der Waals surface area contributed by atoms with E-state index in [-0.39, 0.29) is 11.9 Å². The van der Waals surface area contributed by atoms with E-state index in [0.717, 1.165) is 5.03 Å². The summed E-state index contributed by atoms with van der Waals surface area (Å²) in [5.41, 5.74) is 0.653. The van der Waals surface area contributed by atoms with Gasteiger partial charge in [0.25, 0.3) is 0 Å². The van der Waals surface area contributed by atoms with Crippen LogP contribution in [-0.2, 0) is 0 Å². The van der Waals surface area contributed by atoms with Crippen LogP contribution in [0.2, 0.25) is 0 Å². The maximum atomic E-state index is 12.9. The molecule has 20 heavy (non-hydrogen) atoms. The molecule has 2 rings (SSSR count). The predicted molar refractivity (Wildman–Crippen MR) is 78.3 cm³/mol. The number of thioether (sulfide) groups is 1. The Morgan fingerprint density at radius 3 is 2.60 bits per heavy atom. The molecule has 0 aliphatic heterocycles. The first kappa shape index (κ1) is 14.7. The molecule has 1 aromatic heterocycles. The number of rotatable bonds is 5. The van der Waals surface area contributed by atoms with Crippen LogP contribution in [0, 0.1) is 5.82 Å². The minimum atomic E-state index is -0.754. The van der Waals surface area contributed by atoms with Gasteiger partial charge in [-0.3, -0.25) is 4.98 Å². The zero-order valence-electron chi connectivity index (χ0n) is 11.2. The average Bonchev–Trinajstić information content (AvgIpc) is 2.47. The van der Waals surface area contributed by atoms with E-state index in [0.29, 0.717) is 11.4 Å². The largest absolute Gasteiger partial charge is 0.386 e. The first-order valence-corrected chi connectivity index (χ1v) is 7.38. The second kappa shape index (κ2) is 6.67. The van der Waals surface area contributed by atoms with Crippen molar-refractivity contribution in [3.05, 3.63) is 48.0 Å². The molecule has 0 saturated carbocycles. The molecule has 0 fully saturated rings. The first-order chi connectivity index (χ1) is 9.60. The predicted octanol–water partition coefficient (Wildman–Crippen LogP) is 2.87. The molecule has 2 atom stereocenters. The van der Waals surface area contributed by atoms with Crippen molar-refractivity contribution in [2.24, 2.45) is 0 Å². The second-order valence-electron chi connectivity index (χ2n) is 4.38. The van der Waals surface area contributed by atoms with E-state index in [9.17, 15) is 9.50 Å². The lowest BCUT2D eigenvalue weighted by molar-refractivity contribution is 0.160. The van der Waals surface area contributed by atoms with Crippen molar-refractivity contribution in [3.63, 3.8) is 0 Å². The van der Waals surface area contributed by atoms with Crippen LogP contribution in [-0.4, -0.2) is 27.4 Å². The van der Waals surface area contributed by atoms with E-state index in [1.807, 2.05) is 13.2 Å². The minimum absolute atomic E-state index is 0.271. The molecule has 0 spiro atoms. The molecule has 0 saturated heterocycles. The fraction of sp³-hybridized carbons (Fsp3) is 0.286. The van der Waals surface area contributed by atoms with Gasteiger partial charge in [0.2, 0.25) is 0 Å². The molecule has 4 nitrogen and oxygen atoms in total. The Labute approximate surface area is 121 Å². The van der Waals surface area contributed by atoms with E-state index >= 15 is 0 Å². The van der Waals surface area contributed by atoms with Crippen LogP contribution < -0.4 is 5.32 Å². The van der Waals surface area contributed by atoms with E-state index < -0.39 is 6.10 Å². The highest BCUT2D eigenvalue weighted by Crippen LogP contribution is 2.20. The summed E-state index contributed by atoms with van der Waals surface area (Å²) in [6.45, 7) is 1.83. The highest BCUT2D eigenvalue weighted by molar-refractivity contribution is 7.98. The summed E-state index contributed by atoms with van der Waals surface area (Å²) in [5, 5.41) is 14.1. The van der Waals surface area contributed by atoms with Gasteiger partial charge >= 0.3 is 0 Å². The molecule has 106 valence electrons. The Bertz CT molecular complexity index is 565. The lowest BCUT2D eigenvalue weighted by Crippen LogP contribution is -2.24. The van der Waals surface area contributed by atoms with Crippen LogP contribution in [0.25, 0.3) is 0 Å². The third-order valence-electron chi connectivity index (χ3n) is 2.88. The zero-order chi connectivity index (χ0) is 14.5. The number of nitrogens with zero attached hydrogens (tertiary/aromatic N) is 2. The number of halogens is 1. The van der Waals surface area contributed by atoms with Gasteiger partial charge in [-0.15, -0.1) is 11.8 Å². The number of benzene rings is 1. The fourth-order valence-corrected chi connectivity index (χ4v) is 2.13. The Morgan fingerprint density at radius 1 is 1.25 bits per heavy atom. The van der Waals surface area contributed by atoms with Crippen LogP contribution in [0.15, 0.2) is 41.7 Å². The van der Waals surface area contributed by atoms with Crippen LogP contribution in [0.4, 0.5) is 10.2 Å². The number of aliphatic hydroxyl groups is 1. The average molecular weight is 293 g/mol. The third-order valence-corrected chi connectivity index (χ3v) is 3.50. The number of aliphatic hydroxyl groups excluding tert-OH is 1. The van der Waals surface area contributed by atoms with Crippen molar-refractivity contribution in [1.82, 2.24) is 9.97 Å². The molecule has 2 N–H and O–H groups in total. The number of nitrogens with one attached hydrogen (secondary N) is 1. The molecule has 6 heteroatoms. The van der Waals surface area contributed by atoms with Crippen LogP contribution in [0.3, 0.4) is 0 Å². The van der Waals surface area contributed by atoms with Gasteiger partial charge in [0.1, 0.15) is 16.7 Å². The first-order valence-electron chi connectivity index (χ1n) is 6.16. The Hall–Kier alpha value is -1.66. The standard InChI is InChI=1S/C14H16FN3OS/c1-9(14(19)10-3-5-11(15)6-4-10)17-12-7-16-8-13(18-12)20-2/h3-9,14,19H,1-2H3,(H,17,18)/t9-,14-/m1/s1. The van der Waals surface area contributed by atoms with Gasteiger partial charge in [-0.05, 0) is 30.9 Å². The SMILES string of the molecule is CSc1cncc(N[C@H](C)[C@@H](O)c2ccc(F)cc2)n1. The summed E-state index contributed by atoms with van der Waals surface area (Å²) in [7, 11) is 0. The van der Waals surface area contributed by atoms with Gasteiger partial charge in [0.15, 0.2) is 0 Å². The molecule has 0 radical (unpaired) electrons. The van der Waals surface area contributed by atoms with Crippen molar-refractivity contribution in [3.8, 4) is 0 Å². The maximum absolute atomic E-state index is 12.9. The van der Waals surface area contributed by atoms with E-state index in [2.05, 4.69) is 15.3 Å². The topological polar surface area (TPSA) is 58.0 Å². The molecule has 1 heterocycles. The number of anilines is 1. The summed E-state index contributed by atoms with van der Waals surface area (Å²) < 4.78 is 12.9. The highest BCUT2D eigenvalue weighted by Gasteiger charge is 2.17. The third kappa shape index (κ3) is 3.68. The van der Waals surface area contributed by atoms with Gasteiger partial charge in [-0.2, -0.15) is 0 Å². The van der Waals surface area contributed by atoms with Gasteiger partial charge in [0.05, 0.1) is 24.5 Å². The normalized spacial score (nSPS) is 13.8. The number of hydrogen-bond acceptors (Lipinski definition) is 5. The van der Waals surface area contributed by atoms with E-state index in [1.165, 1.54) is 23.9 Å². The van der Waals surface area contributed by atoms with Crippen molar-refractivity contribution in [1.29, 1.82) is 0 Å². The molecule has 2 aromatic rings. The fourth-order valence-electron chi connectivity index (χ4n) is 1.78. The smallest absolute Gasteiger partial charge is 0.146 e. The lowest BCUT2D eigenvalue weighted by atomic mass is 10.0. The van der Waals surface area contributed by atoms with Gasteiger partial charge in [-0.25, -0.2) is 9.37 Å². The molecule has 0 aliphatic carbocycles. The minimum Gasteiger partial charge on any atom is -0.386 e. The van der Waals surface area contributed by atoms with Crippen LogP contribution in [0.5, 0.6) is 0 Å². The van der Waals surface area contributed by atoms with Crippen molar-refractivity contribution >= 4 is 17.6 Å². The lowest BCUT2D eigenvalue weighted by Gasteiger charge is -2.21. The second-order valence-corrected chi connectivity index (χ2v) is 5.20. The molecule has 0 bridgehead atoms. The Balaban J connectivity index is 2.06. The van der Waals surface area contributed by atoms with Crippen LogP contribution in [0.1, 0.15) is 18.6 Å². The summed E-state index contributed by atoms with van der Waals surface area (Å²) in [6.07, 6.45) is 4.45. The van der Waals surface area contributed by atoms with Crippen molar-refractivity contribution < 1.29 is 9.50 Å². The maximum Gasteiger partial charge on any atom is 0.146 e. The highest BCUT2D eigenvalue weighted by atomic mass is 32.2. The zero-order valence-corrected chi connectivity index (χ0v) is 12.1. The van der Waals surface area contributed by atoms with Gasteiger partial charge < -0.3 is 10.4 Å². The summed E-state index contributed by atoms with van der Waals surface area (Å²) in [5.74, 6) is 0.283.